The van der Waals surface area contributed by atoms with Crippen LogP contribution in [0.15, 0.2) is 65.7 Å². The van der Waals surface area contributed by atoms with E-state index in [1.807, 2.05) is 24.3 Å². The Morgan fingerprint density at radius 1 is 1.07 bits per heavy atom. The molecule has 1 aromatic heterocycles. The molecule has 0 aliphatic carbocycles. The van der Waals surface area contributed by atoms with Gasteiger partial charge in [-0.1, -0.05) is 18.2 Å². The van der Waals surface area contributed by atoms with Gasteiger partial charge >= 0.3 is 0 Å². The maximum absolute atomic E-state index is 12.8. The number of para-hydroxylation sites is 2. The minimum absolute atomic E-state index is 0.131. The second-order valence-electron chi connectivity index (χ2n) is 6.65. The van der Waals surface area contributed by atoms with Gasteiger partial charge in [0, 0.05) is 24.9 Å². The Bertz CT molecular complexity index is 1200. The second-order valence-corrected chi connectivity index (χ2v) is 8.59. The van der Waals surface area contributed by atoms with Gasteiger partial charge in [-0.15, -0.1) is 0 Å². The zero-order chi connectivity index (χ0) is 21.0. The Balaban J connectivity index is 1.46. The van der Waals surface area contributed by atoms with E-state index in [1.54, 1.807) is 24.4 Å². The van der Waals surface area contributed by atoms with Crippen molar-refractivity contribution in [3.05, 3.63) is 66.5 Å². The maximum atomic E-state index is 12.8. The highest BCUT2D eigenvalue weighted by Crippen LogP contribution is 2.20. The minimum atomic E-state index is -3.63. The molecule has 30 heavy (non-hydrogen) atoms. The molecule has 4 rings (SSSR count). The average Bonchev–Trinajstić information content (AvgIpc) is 2.78. The highest BCUT2D eigenvalue weighted by atomic mass is 32.2. The van der Waals surface area contributed by atoms with Crippen molar-refractivity contribution in [1.82, 2.24) is 14.3 Å². The fraction of sp³-hybridized carbons (Fsp3) is 0.190. The summed E-state index contributed by atoms with van der Waals surface area (Å²) >= 11 is 0. The Morgan fingerprint density at radius 2 is 1.83 bits per heavy atom. The lowest BCUT2D eigenvalue weighted by atomic mass is 10.3. The molecule has 0 atom stereocenters. The molecule has 0 unspecified atom stereocenters. The fourth-order valence-corrected chi connectivity index (χ4v) is 4.52. The highest BCUT2D eigenvalue weighted by molar-refractivity contribution is 7.89. The lowest BCUT2D eigenvalue weighted by Gasteiger charge is -2.26. The van der Waals surface area contributed by atoms with E-state index in [1.165, 1.54) is 22.5 Å². The van der Waals surface area contributed by atoms with Crippen LogP contribution in [0.25, 0.3) is 17.1 Å². The third-order valence-corrected chi connectivity index (χ3v) is 6.48. The summed E-state index contributed by atoms with van der Waals surface area (Å²) in [5, 5.41) is 2.68. The number of nitrogens with zero attached hydrogens (tertiary/aromatic N) is 3. The minimum Gasteiger partial charge on any atom is -0.379 e. The number of nitrogens with one attached hydrogen (secondary N) is 1. The SMILES string of the molecule is O=C(C=Cc1cnc2ccccc2n1)Nc1cccc(S(=O)(=O)N2CCOCC2)c1. The number of ether oxygens (including phenoxy) is 1. The van der Waals surface area contributed by atoms with Crippen LogP contribution < -0.4 is 5.32 Å². The van der Waals surface area contributed by atoms with Gasteiger partial charge in [0.1, 0.15) is 0 Å². The summed E-state index contributed by atoms with van der Waals surface area (Å²) in [6.45, 7) is 1.37. The summed E-state index contributed by atoms with van der Waals surface area (Å²) in [6, 6.07) is 13.7. The van der Waals surface area contributed by atoms with Crippen LogP contribution in [-0.4, -0.2) is 54.9 Å². The molecule has 9 heteroatoms. The molecule has 1 saturated heterocycles. The van der Waals surface area contributed by atoms with Crippen molar-refractivity contribution in [3.63, 3.8) is 0 Å². The van der Waals surface area contributed by atoms with Crippen LogP contribution in [0.4, 0.5) is 5.69 Å². The lowest BCUT2D eigenvalue weighted by Crippen LogP contribution is -2.40. The smallest absolute Gasteiger partial charge is 0.248 e. The first-order valence-electron chi connectivity index (χ1n) is 9.41. The van der Waals surface area contributed by atoms with Gasteiger partial charge in [0.15, 0.2) is 0 Å². The van der Waals surface area contributed by atoms with Crippen molar-refractivity contribution in [1.29, 1.82) is 0 Å². The molecule has 2 heterocycles. The van der Waals surface area contributed by atoms with E-state index in [4.69, 9.17) is 4.74 Å². The molecule has 1 N–H and O–H groups in total. The Kier molecular flexibility index (Phi) is 5.84. The monoisotopic (exact) mass is 424 g/mol. The molecule has 3 aromatic rings. The predicted molar refractivity (Wildman–Crippen MR) is 113 cm³/mol. The van der Waals surface area contributed by atoms with Crippen LogP contribution in [-0.2, 0) is 19.6 Å². The third-order valence-electron chi connectivity index (χ3n) is 4.58. The van der Waals surface area contributed by atoms with Gasteiger partial charge in [0.05, 0.1) is 41.0 Å². The summed E-state index contributed by atoms with van der Waals surface area (Å²) in [6.07, 6.45) is 4.48. The molecule has 0 saturated carbocycles. The molecular formula is C21H20N4O4S. The van der Waals surface area contributed by atoms with E-state index in [0.29, 0.717) is 37.7 Å². The van der Waals surface area contributed by atoms with Gasteiger partial charge in [-0.25, -0.2) is 13.4 Å². The number of anilines is 1. The van der Waals surface area contributed by atoms with E-state index >= 15 is 0 Å². The molecule has 0 spiro atoms. The van der Waals surface area contributed by atoms with E-state index in [-0.39, 0.29) is 4.90 Å². The van der Waals surface area contributed by atoms with Gasteiger partial charge in [0.25, 0.3) is 0 Å². The standard InChI is InChI=1S/C21H20N4O4S/c26-21(9-8-17-15-22-19-6-1-2-7-20(19)23-17)24-16-4-3-5-18(14-16)30(27,28)25-10-12-29-13-11-25/h1-9,14-15H,10-13H2,(H,24,26). The van der Waals surface area contributed by atoms with Crippen molar-refractivity contribution in [3.8, 4) is 0 Å². The second kappa shape index (κ2) is 8.70. The van der Waals surface area contributed by atoms with Crippen molar-refractivity contribution < 1.29 is 17.9 Å². The fourth-order valence-electron chi connectivity index (χ4n) is 3.07. The number of hydrogen-bond donors (Lipinski definition) is 1. The molecule has 1 aliphatic heterocycles. The topological polar surface area (TPSA) is 101 Å². The Morgan fingerprint density at radius 3 is 2.63 bits per heavy atom. The number of morpholine rings is 1. The Labute approximate surface area is 174 Å². The molecule has 2 aromatic carbocycles. The highest BCUT2D eigenvalue weighted by Gasteiger charge is 2.26. The normalized spacial score (nSPS) is 15.5. The zero-order valence-electron chi connectivity index (χ0n) is 16.1. The molecule has 1 fully saturated rings. The van der Waals surface area contributed by atoms with Gasteiger partial charge in [0.2, 0.25) is 15.9 Å². The van der Waals surface area contributed by atoms with E-state index in [2.05, 4.69) is 15.3 Å². The van der Waals surface area contributed by atoms with Gasteiger partial charge in [-0.05, 0) is 36.4 Å². The number of aromatic nitrogens is 2. The first kappa shape index (κ1) is 20.1. The van der Waals surface area contributed by atoms with Crippen LogP contribution in [0, 0.1) is 0 Å². The van der Waals surface area contributed by atoms with Crippen molar-refractivity contribution in [2.24, 2.45) is 0 Å². The number of sulfonamides is 1. The van der Waals surface area contributed by atoms with E-state index < -0.39 is 15.9 Å². The molecule has 8 nitrogen and oxygen atoms in total. The summed E-state index contributed by atoms with van der Waals surface area (Å²) in [5.41, 5.74) is 2.45. The maximum Gasteiger partial charge on any atom is 0.248 e. The number of hydrogen-bond acceptors (Lipinski definition) is 6. The van der Waals surface area contributed by atoms with Gasteiger partial charge < -0.3 is 10.1 Å². The summed E-state index contributed by atoms with van der Waals surface area (Å²) in [7, 11) is -3.63. The summed E-state index contributed by atoms with van der Waals surface area (Å²) in [5.74, 6) is -0.397. The predicted octanol–water partition coefficient (Wildman–Crippen LogP) is 2.30. The van der Waals surface area contributed by atoms with Crippen LogP contribution in [0.1, 0.15) is 5.69 Å². The zero-order valence-corrected chi connectivity index (χ0v) is 16.9. The van der Waals surface area contributed by atoms with Crippen molar-refractivity contribution in [2.45, 2.75) is 4.90 Å². The number of carbonyl (C=O) groups excluding carboxylic acids is 1. The molecule has 0 bridgehead atoms. The number of benzene rings is 2. The first-order chi connectivity index (χ1) is 14.5. The van der Waals surface area contributed by atoms with Crippen LogP contribution in [0.3, 0.4) is 0 Å². The third kappa shape index (κ3) is 4.54. The quantitative estimate of drug-likeness (QED) is 0.631. The van der Waals surface area contributed by atoms with Crippen LogP contribution in [0.5, 0.6) is 0 Å². The molecule has 154 valence electrons. The molecule has 1 aliphatic rings. The van der Waals surface area contributed by atoms with E-state index in [0.717, 1.165) is 11.0 Å². The summed E-state index contributed by atoms with van der Waals surface area (Å²) in [4.78, 5) is 21.1. The summed E-state index contributed by atoms with van der Waals surface area (Å²) < 4.78 is 32.1. The molecule has 1 amide bonds. The van der Waals surface area contributed by atoms with E-state index in [9.17, 15) is 13.2 Å². The first-order valence-corrected chi connectivity index (χ1v) is 10.9. The molecule has 0 radical (unpaired) electrons. The number of rotatable bonds is 5. The van der Waals surface area contributed by atoms with Crippen LogP contribution >= 0.6 is 0 Å². The Hall–Kier alpha value is -3.14. The lowest BCUT2D eigenvalue weighted by molar-refractivity contribution is -0.111. The van der Waals surface area contributed by atoms with Gasteiger partial charge in [-0.3, -0.25) is 9.78 Å². The van der Waals surface area contributed by atoms with Gasteiger partial charge in [-0.2, -0.15) is 4.31 Å². The van der Waals surface area contributed by atoms with Crippen molar-refractivity contribution in [2.75, 3.05) is 31.6 Å². The number of amides is 1. The number of carbonyl (C=O) groups is 1. The number of fused-ring (bicyclic) bond motifs is 1. The molecular weight excluding hydrogens is 404 g/mol. The van der Waals surface area contributed by atoms with Crippen LogP contribution in [0.2, 0.25) is 0 Å². The largest absolute Gasteiger partial charge is 0.379 e. The average molecular weight is 424 g/mol. The van der Waals surface area contributed by atoms with Crippen molar-refractivity contribution >= 4 is 38.7 Å².